The van der Waals surface area contributed by atoms with Gasteiger partial charge in [-0.1, -0.05) is 45.4 Å². The van der Waals surface area contributed by atoms with Crippen LogP contribution in [0.1, 0.15) is 57.9 Å². The predicted octanol–water partition coefficient (Wildman–Crippen LogP) is 3.45. The van der Waals surface area contributed by atoms with Crippen LogP contribution in [0.4, 0.5) is 5.69 Å². The van der Waals surface area contributed by atoms with E-state index in [1.165, 1.54) is 0 Å². The maximum Gasteiger partial charge on any atom is 0.240 e. The Labute approximate surface area is 132 Å². The summed E-state index contributed by atoms with van der Waals surface area (Å²) in [5.41, 5.74) is 1.06. The molecule has 0 radical (unpaired) electrons. The molecule has 0 aliphatic heterocycles. The first-order valence-corrected chi connectivity index (χ1v) is 8.20. The number of benzene rings is 1. The highest BCUT2D eigenvalue weighted by molar-refractivity contribution is 6.13. The van der Waals surface area contributed by atoms with Gasteiger partial charge in [-0.3, -0.25) is 9.59 Å². The van der Waals surface area contributed by atoms with Crippen LogP contribution in [0.25, 0.3) is 0 Å². The third kappa shape index (κ3) is 3.49. The van der Waals surface area contributed by atoms with Crippen LogP contribution < -0.4 is 10.6 Å². The van der Waals surface area contributed by atoms with E-state index < -0.39 is 5.41 Å². The summed E-state index contributed by atoms with van der Waals surface area (Å²) < 4.78 is 0. The molecule has 0 heterocycles. The average Bonchev–Trinajstić information content (AvgIpc) is 3.29. The third-order valence-corrected chi connectivity index (χ3v) is 4.27. The number of carbonyl (C=O) groups excluding carboxylic acids is 2. The first kappa shape index (κ1) is 16.5. The lowest BCUT2D eigenvalue weighted by atomic mass is 9.99. The van der Waals surface area contributed by atoms with Crippen molar-refractivity contribution in [3.05, 3.63) is 29.8 Å². The summed E-state index contributed by atoms with van der Waals surface area (Å²) in [4.78, 5) is 24.9. The number of rotatable bonds is 7. The van der Waals surface area contributed by atoms with Crippen molar-refractivity contribution in [2.75, 3.05) is 11.9 Å². The van der Waals surface area contributed by atoms with Crippen LogP contribution >= 0.6 is 0 Å². The summed E-state index contributed by atoms with van der Waals surface area (Å²) in [6.07, 6.45) is 3.25. The van der Waals surface area contributed by atoms with Crippen molar-refractivity contribution >= 4 is 17.5 Å². The van der Waals surface area contributed by atoms with E-state index in [-0.39, 0.29) is 11.8 Å². The highest BCUT2D eigenvalue weighted by atomic mass is 16.2. The van der Waals surface area contributed by atoms with E-state index in [1.807, 2.05) is 24.3 Å². The fraction of sp³-hybridized carbons (Fsp3) is 0.556. The summed E-state index contributed by atoms with van der Waals surface area (Å²) >= 11 is 0. The number of carbonyl (C=O) groups is 2. The molecule has 1 aliphatic rings. The van der Waals surface area contributed by atoms with Crippen molar-refractivity contribution in [1.82, 2.24) is 5.32 Å². The molecular weight excluding hydrogens is 276 g/mol. The van der Waals surface area contributed by atoms with Crippen molar-refractivity contribution in [3.8, 4) is 0 Å². The molecule has 0 saturated heterocycles. The number of amides is 2. The number of para-hydroxylation sites is 1. The minimum atomic E-state index is -0.849. The summed E-state index contributed by atoms with van der Waals surface area (Å²) in [6.45, 7) is 6.91. The van der Waals surface area contributed by atoms with E-state index in [9.17, 15) is 9.59 Å². The number of unbranched alkanes of at least 4 members (excludes halogenated alkanes) is 1. The molecule has 0 atom stereocenters. The van der Waals surface area contributed by atoms with Crippen LogP contribution in [0.5, 0.6) is 0 Å². The molecule has 1 saturated carbocycles. The normalized spacial score (nSPS) is 15.5. The lowest BCUT2D eigenvalue weighted by Gasteiger charge is -2.18. The van der Waals surface area contributed by atoms with Crippen molar-refractivity contribution in [3.63, 3.8) is 0 Å². The van der Waals surface area contributed by atoms with E-state index in [1.54, 1.807) is 0 Å². The molecule has 2 N–H and O–H groups in total. The largest absolute Gasteiger partial charge is 0.355 e. The Bertz CT molecular complexity index is 548. The Hall–Kier alpha value is -1.84. The van der Waals surface area contributed by atoms with E-state index >= 15 is 0 Å². The number of hydrogen-bond acceptors (Lipinski definition) is 2. The molecule has 4 nitrogen and oxygen atoms in total. The minimum Gasteiger partial charge on any atom is -0.355 e. The highest BCUT2D eigenvalue weighted by Crippen LogP contribution is 2.47. The highest BCUT2D eigenvalue weighted by Gasteiger charge is 2.56. The summed E-state index contributed by atoms with van der Waals surface area (Å²) in [5.74, 6) is 0.0279. The predicted molar refractivity (Wildman–Crippen MR) is 88.7 cm³/mol. The van der Waals surface area contributed by atoms with Crippen molar-refractivity contribution in [2.24, 2.45) is 5.41 Å². The van der Waals surface area contributed by atoms with Crippen LogP contribution in [0.2, 0.25) is 0 Å². The van der Waals surface area contributed by atoms with Crippen LogP contribution in [-0.4, -0.2) is 18.4 Å². The Morgan fingerprint density at radius 3 is 2.45 bits per heavy atom. The monoisotopic (exact) mass is 302 g/mol. The summed E-state index contributed by atoms with van der Waals surface area (Å²) in [6, 6.07) is 7.79. The van der Waals surface area contributed by atoms with Gasteiger partial charge in [-0.25, -0.2) is 0 Å². The second kappa shape index (κ2) is 6.95. The van der Waals surface area contributed by atoms with E-state index in [0.717, 1.165) is 24.1 Å². The van der Waals surface area contributed by atoms with Gasteiger partial charge in [0, 0.05) is 12.2 Å². The SMILES string of the molecule is CCCCNC(=O)C1(C(=O)Nc2ccccc2C(C)C)CC1. The molecule has 4 heteroatoms. The zero-order valence-corrected chi connectivity index (χ0v) is 13.7. The first-order chi connectivity index (χ1) is 10.5. The lowest BCUT2D eigenvalue weighted by Crippen LogP contribution is -2.40. The van der Waals surface area contributed by atoms with Gasteiger partial charge < -0.3 is 10.6 Å². The molecule has 0 aromatic heterocycles. The molecule has 1 aliphatic carbocycles. The maximum absolute atomic E-state index is 12.6. The second-order valence-corrected chi connectivity index (χ2v) is 6.39. The van der Waals surface area contributed by atoms with Gasteiger partial charge in [0.1, 0.15) is 5.41 Å². The second-order valence-electron chi connectivity index (χ2n) is 6.39. The summed E-state index contributed by atoms with van der Waals surface area (Å²) in [5, 5.41) is 5.86. The van der Waals surface area contributed by atoms with Gasteiger partial charge in [-0.2, -0.15) is 0 Å². The number of nitrogens with one attached hydrogen (secondary N) is 2. The molecule has 0 unspecified atom stereocenters. The van der Waals surface area contributed by atoms with Gasteiger partial charge in [0.05, 0.1) is 0 Å². The lowest BCUT2D eigenvalue weighted by molar-refractivity contribution is -0.134. The molecule has 120 valence electrons. The number of anilines is 1. The maximum atomic E-state index is 12.6. The molecule has 2 amide bonds. The number of hydrogen-bond donors (Lipinski definition) is 2. The quantitative estimate of drug-likeness (QED) is 0.599. The van der Waals surface area contributed by atoms with Crippen molar-refractivity contribution in [2.45, 2.75) is 52.4 Å². The molecule has 1 fully saturated rings. The topological polar surface area (TPSA) is 58.2 Å². The van der Waals surface area contributed by atoms with Gasteiger partial charge in [0.2, 0.25) is 11.8 Å². The van der Waals surface area contributed by atoms with Crippen LogP contribution in [0, 0.1) is 5.41 Å². The molecular formula is C18H26N2O2. The molecule has 22 heavy (non-hydrogen) atoms. The first-order valence-electron chi connectivity index (χ1n) is 8.20. The molecule has 0 bridgehead atoms. The average molecular weight is 302 g/mol. The standard InChI is InChI=1S/C18H26N2O2/c1-4-5-12-19-16(21)18(10-11-18)17(22)20-15-9-7-6-8-14(15)13(2)3/h6-9,13H,4-5,10-12H2,1-3H3,(H,19,21)(H,20,22). The van der Waals surface area contributed by atoms with E-state index in [0.29, 0.717) is 25.3 Å². The van der Waals surface area contributed by atoms with Crippen molar-refractivity contribution < 1.29 is 9.59 Å². The van der Waals surface area contributed by atoms with Crippen LogP contribution in [-0.2, 0) is 9.59 Å². The van der Waals surface area contributed by atoms with Crippen LogP contribution in [0.15, 0.2) is 24.3 Å². The molecule has 0 spiro atoms. The van der Waals surface area contributed by atoms with Crippen LogP contribution in [0.3, 0.4) is 0 Å². The zero-order chi connectivity index (χ0) is 16.2. The molecule has 2 rings (SSSR count). The Kier molecular flexibility index (Phi) is 5.22. The molecule has 1 aromatic rings. The third-order valence-electron chi connectivity index (χ3n) is 4.27. The molecule has 1 aromatic carbocycles. The Balaban J connectivity index is 2.04. The van der Waals surface area contributed by atoms with Gasteiger partial charge >= 0.3 is 0 Å². The van der Waals surface area contributed by atoms with Gasteiger partial charge in [0.15, 0.2) is 0 Å². The van der Waals surface area contributed by atoms with Gasteiger partial charge in [-0.15, -0.1) is 0 Å². The smallest absolute Gasteiger partial charge is 0.240 e. The van der Waals surface area contributed by atoms with Crippen molar-refractivity contribution in [1.29, 1.82) is 0 Å². The van der Waals surface area contributed by atoms with E-state index in [4.69, 9.17) is 0 Å². The Morgan fingerprint density at radius 2 is 1.86 bits per heavy atom. The van der Waals surface area contributed by atoms with Gasteiger partial charge in [0.25, 0.3) is 0 Å². The van der Waals surface area contributed by atoms with Gasteiger partial charge in [-0.05, 0) is 36.8 Å². The minimum absolute atomic E-state index is 0.125. The Morgan fingerprint density at radius 1 is 1.18 bits per heavy atom. The fourth-order valence-corrected chi connectivity index (χ4v) is 2.59. The van der Waals surface area contributed by atoms with E-state index in [2.05, 4.69) is 31.4 Å². The zero-order valence-electron chi connectivity index (χ0n) is 13.7. The summed E-state index contributed by atoms with van der Waals surface area (Å²) in [7, 11) is 0. The fourth-order valence-electron chi connectivity index (χ4n) is 2.59.